The summed E-state index contributed by atoms with van der Waals surface area (Å²) in [5.41, 5.74) is 3.35. The number of amides is 1. The molecule has 3 aromatic carbocycles. The van der Waals surface area contributed by atoms with Gasteiger partial charge in [-0.3, -0.25) is 19.8 Å². The number of pyridine rings is 1. The predicted octanol–water partition coefficient (Wildman–Crippen LogP) is 10.0. The van der Waals surface area contributed by atoms with Crippen LogP contribution in [0.1, 0.15) is 131 Å². The number of H-pyrrole nitrogens is 1. The van der Waals surface area contributed by atoms with E-state index in [1.807, 2.05) is 19.1 Å². The van der Waals surface area contributed by atoms with E-state index in [1.54, 1.807) is 24.4 Å². The molecule has 4 aliphatic heterocycles. The van der Waals surface area contributed by atoms with Crippen LogP contribution in [0.5, 0.6) is 23.1 Å². The molecular formula is C56H69N7O10S. The maximum atomic E-state index is 14.5. The van der Waals surface area contributed by atoms with Gasteiger partial charge in [-0.25, -0.2) is 13.1 Å². The van der Waals surface area contributed by atoms with Crippen molar-refractivity contribution in [2.75, 3.05) is 56.3 Å². The third-order valence-corrected chi connectivity index (χ3v) is 18.4. The van der Waals surface area contributed by atoms with Gasteiger partial charge in [-0.1, -0.05) is 38.1 Å². The maximum absolute atomic E-state index is 14.5. The minimum Gasteiger partial charge on any atom is -0.489 e. The van der Waals surface area contributed by atoms with Gasteiger partial charge in [0.05, 0.1) is 40.2 Å². The molecule has 6 aliphatic rings. The van der Waals surface area contributed by atoms with Gasteiger partial charge in [-0.15, -0.1) is 0 Å². The summed E-state index contributed by atoms with van der Waals surface area (Å²) in [6, 6.07) is 20.7. The molecule has 1 amide bonds. The summed E-state index contributed by atoms with van der Waals surface area (Å²) < 4.78 is 55.4. The number of fused-ring (bicyclic) bond motifs is 2. The van der Waals surface area contributed by atoms with Crippen LogP contribution in [0.4, 0.5) is 17.1 Å². The molecule has 4 N–H and O–H groups in total. The second-order valence-corrected chi connectivity index (χ2v) is 24.2. The number of aliphatic hydroxyl groups is 1. The van der Waals surface area contributed by atoms with Crippen molar-refractivity contribution in [2.45, 2.75) is 132 Å². The summed E-state index contributed by atoms with van der Waals surface area (Å²) in [5, 5.41) is 27.0. The molecule has 74 heavy (non-hydrogen) atoms. The lowest BCUT2D eigenvalue weighted by Gasteiger charge is -2.56. The summed E-state index contributed by atoms with van der Waals surface area (Å²) in [4.78, 5) is 38.8. The van der Waals surface area contributed by atoms with Gasteiger partial charge in [0.1, 0.15) is 18.0 Å². The Morgan fingerprint density at radius 3 is 2.53 bits per heavy atom. The monoisotopic (exact) mass is 1030 g/mol. The highest BCUT2D eigenvalue weighted by Gasteiger charge is 2.50. The number of aromatic amines is 1. The molecule has 2 aliphatic carbocycles. The van der Waals surface area contributed by atoms with E-state index in [1.165, 1.54) is 42.9 Å². The van der Waals surface area contributed by atoms with E-state index in [4.69, 9.17) is 23.9 Å². The highest BCUT2D eigenvalue weighted by Crippen LogP contribution is 2.55. The molecule has 5 fully saturated rings. The number of carbonyl (C=O) groups is 1. The summed E-state index contributed by atoms with van der Waals surface area (Å²) in [6.45, 7) is 10.9. The molecule has 394 valence electrons. The molecule has 0 bridgehead atoms. The lowest BCUT2D eigenvalue weighted by molar-refractivity contribution is -0.384. The van der Waals surface area contributed by atoms with Crippen LogP contribution in [0.25, 0.3) is 11.0 Å². The first-order chi connectivity index (χ1) is 35.6. The van der Waals surface area contributed by atoms with Crippen molar-refractivity contribution < 1.29 is 42.2 Å². The zero-order valence-electron chi connectivity index (χ0n) is 42.6. The SMILES string of the molecule is CC(C)c1ccccc1[C@@H]1CCCN1C1CC2(CCN(c3ccc(C(=O)NS(=O)(=O)c4cc5c(c([N+](=O)[O-])c4)N[C@@H](C4CCC(C)(O)CC4)CO5)c(Oc4cc5cc[nH]c5nc4OC[C@H]4CCCOC4)c3)CC2)C1. The lowest BCUT2D eigenvalue weighted by atomic mass is 9.59. The van der Waals surface area contributed by atoms with Crippen molar-refractivity contribution in [1.29, 1.82) is 0 Å². The number of nitrogens with zero attached hydrogens (tertiary/aromatic N) is 4. The van der Waals surface area contributed by atoms with Crippen molar-refractivity contribution in [3.05, 3.63) is 99.7 Å². The number of carbonyl (C=O) groups excluding carboxylic acids is 1. The van der Waals surface area contributed by atoms with Crippen LogP contribution in [0.3, 0.4) is 0 Å². The molecule has 2 aromatic heterocycles. The number of piperidine rings is 1. The van der Waals surface area contributed by atoms with E-state index in [0.717, 1.165) is 62.5 Å². The van der Waals surface area contributed by atoms with Gasteiger partial charge in [0, 0.05) is 73.2 Å². The first-order valence-electron chi connectivity index (χ1n) is 26.7. The average Bonchev–Trinajstić information content (AvgIpc) is 4.07. The minimum atomic E-state index is -4.72. The minimum absolute atomic E-state index is 0.00666. The fourth-order valence-corrected chi connectivity index (χ4v) is 13.8. The van der Waals surface area contributed by atoms with Crippen LogP contribution < -0.4 is 29.1 Å². The number of ether oxygens (including phenoxy) is 4. The van der Waals surface area contributed by atoms with Gasteiger partial charge in [0.15, 0.2) is 17.2 Å². The number of nitrogens with one attached hydrogen (secondary N) is 3. The van der Waals surface area contributed by atoms with Crippen LogP contribution in [0.2, 0.25) is 0 Å². The highest BCUT2D eigenvalue weighted by molar-refractivity contribution is 7.90. The molecule has 0 unspecified atom stereocenters. The predicted molar refractivity (Wildman–Crippen MR) is 281 cm³/mol. The Morgan fingerprint density at radius 2 is 1.77 bits per heavy atom. The zero-order valence-corrected chi connectivity index (χ0v) is 43.5. The van der Waals surface area contributed by atoms with Gasteiger partial charge in [-0.05, 0) is 143 Å². The van der Waals surface area contributed by atoms with Gasteiger partial charge < -0.3 is 39.3 Å². The number of likely N-dealkylation sites (tertiary alicyclic amines) is 1. The Balaban J connectivity index is 0.843. The number of hydrogen-bond acceptors (Lipinski definition) is 14. The second kappa shape index (κ2) is 20.3. The average molecular weight is 1030 g/mol. The first-order valence-corrected chi connectivity index (χ1v) is 28.2. The highest BCUT2D eigenvalue weighted by atomic mass is 32.2. The molecule has 18 heteroatoms. The van der Waals surface area contributed by atoms with Crippen molar-refractivity contribution in [2.24, 2.45) is 17.3 Å². The molecule has 0 radical (unpaired) electrons. The Bertz CT molecular complexity index is 3000. The molecule has 3 atom stereocenters. The first kappa shape index (κ1) is 50.2. The van der Waals surface area contributed by atoms with Gasteiger partial charge in [0.2, 0.25) is 0 Å². The van der Waals surface area contributed by atoms with Gasteiger partial charge in [0.25, 0.3) is 27.5 Å². The smallest absolute Gasteiger partial charge is 0.297 e. The number of rotatable bonds is 14. The number of sulfonamides is 1. The van der Waals surface area contributed by atoms with E-state index in [-0.39, 0.29) is 64.3 Å². The zero-order chi connectivity index (χ0) is 51.4. The van der Waals surface area contributed by atoms with E-state index in [2.05, 4.69) is 62.9 Å². The van der Waals surface area contributed by atoms with Crippen molar-refractivity contribution in [3.63, 3.8) is 0 Å². The summed E-state index contributed by atoms with van der Waals surface area (Å²) in [7, 11) is -4.72. The van der Waals surface area contributed by atoms with E-state index < -0.39 is 37.0 Å². The quantitative estimate of drug-likeness (QED) is 0.0603. The molecule has 6 heterocycles. The van der Waals surface area contributed by atoms with Crippen molar-refractivity contribution >= 4 is 44.0 Å². The maximum Gasteiger partial charge on any atom is 0.297 e. The summed E-state index contributed by atoms with van der Waals surface area (Å²) in [6.07, 6.45) is 13.0. The number of benzene rings is 3. The van der Waals surface area contributed by atoms with Gasteiger partial charge in [-0.2, -0.15) is 4.98 Å². The second-order valence-electron chi connectivity index (χ2n) is 22.5. The molecule has 2 saturated carbocycles. The van der Waals surface area contributed by atoms with Gasteiger partial charge >= 0.3 is 0 Å². The number of nitro groups is 1. The van der Waals surface area contributed by atoms with Crippen LogP contribution in [0.15, 0.2) is 77.8 Å². The largest absolute Gasteiger partial charge is 0.489 e. The Hall–Kier alpha value is -5.95. The Labute approximate surface area is 432 Å². The number of aromatic nitrogens is 2. The standard InChI is InChI=1S/C56H69N7O10S/c1-35(2)42-9-4-5-10-43(42)46-11-6-22-62(46)40-30-56(31-40)19-23-61(24-20-56)39-12-13-44(48(27-39)73-50-26-38-16-21-57-52(38)59-54(50)72-33-36-8-7-25-70-32-36)53(64)60-74(68,69)41-28-47(63(66)67)51-49(29-41)71-34-45(58-51)37-14-17-55(3,65)18-15-37/h4-5,9-10,12-13,16,21,26-29,35-37,40,45-46,58,65H,6-8,11,14-15,17-20,22-25,30-34H2,1-3H3,(H,57,59)(H,60,64)/t36-,37?,45+,46-,55?/m0/s1. The van der Waals surface area contributed by atoms with Crippen LogP contribution in [-0.4, -0.2) is 103 Å². The Kier molecular flexibility index (Phi) is 13.8. The molecule has 3 saturated heterocycles. The number of hydrogen-bond donors (Lipinski definition) is 4. The fourth-order valence-electron chi connectivity index (χ4n) is 12.8. The normalized spacial score (nSPS) is 25.2. The van der Waals surface area contributed by atoms with Crippen LogP contribution in [0, 0.1) is 27.4 Å². The third-order valence-electron chi connectivity index (χ3n) is 17.1. The molecular weight excluding hydrogens is 963 g/mol. The topological polar surface area (TPSA) is 211 Å². The van der Waals surface area contributed by atoms with E-state index in [9.17, 15) is 28.4 Å². The fraction of sp³-hybridized carbons (Fsp3) is 0.536. The third kappa shape index (κ3) is 10.3. The molecule has 17 nitrogen and oxygen atoms in total. The van der Waals surface area contributed by atoms with Crippen molar-refractivity contribution in [3.8, 4) is 23.1 Å². The summed E-state index contributed by atoms with van der Waals surface area (Å²) >= 11 is 0. The molecule has 1 spiro atoms. The van der Waals surface area contributed by atoms with Crippen LogP contribution >= 0.6 is 0 Å². The lowest BCUT2D eigenvalue weighted by Crippen LogP contribution is -2.54. The number of anilines is 2. The number of nitro benzene ring substituents is 1. The van der Waals surface area contributed by atoms with E-state index in [0.29, 0.717) is 69.2 Å². The molecule has 5 aromatic rings. The van der Waals surface area contributed by atoms with E-state index >= 15 is 0 Å². The van der Waals surface area contributed by atoms with Crippen molar-refractivity contribution in [1.82, 2.24) is 19.6 Å². The molecule has 11 rings (SSSR count). The Morgan fingerprint density at radius 1 is 0.973 bits per heavy atom. The summed E-state index contributed by atoms with van der Waals surface area (Å²) in [5.74, 6) is 0.251. The van der Waals surface area contributed by atoms with Crippen LogP contribution in [-0.2, 0) is 14.8 Å².